The van der Waals surface area contributed by atoms with E-state index in [4.69, 9.17) is 19.8 Å². The summed E-state index contributed by atoms with van der Waals surface area (Å²) in [6.45, 7) is 0. The van der Waals surface area contributed by atoms with Gasteiger partial charge in [0.1, 0.15) is 11.9 Å². The van der Waals surface area contributed by atoms with Crippen LogP contribution in [0.15, 0.2) is 30.6 Å². The fraction of sp³-hybridized carbons (Fsp3) is 0.222. The SMILES string of the molecule is N.O=C([O-])C(F)(F)F.O=C([O-])C(F)(F)F.[Pt+2].c1ccncc1. The molecule has 0 amide bonds. The van der Waals surface area contributed by atoms with Gasteiger partial charge in [-0.1, -0.05) is 6.07 Å². The number of carbonyl (C=O) groups is 2. The number of hydrogen-bond acceptors (Lipinski definition) is 6. The standard InChI is InChI=1S/C5H5N.2C2HF3O2.H3N.Pt/c1-2-4-6-5-3-1;2*3-2(4,5)1(6)7;;/h1-5H;2*(H,6,7);1H3;/q;;;;+2/p-2. The Hall–Kier alpha value is -1.68. The zero-order valence-corrected chi connectivity index (χ0v) is 12.5. The molecule has 0 saturated heterocycles. The molecule has 1 heterocycles. The molecule has 0 bridgehead atoms. The number of hydrogen-bond donors (Lipinski definition) is 1. The molecule has 0 aliphatic heterocycles. The summed E-state index contributed by atoms with van der Waals surface area (Å²) >= 11 is 0. The van der Waals surface area contributed by atoms with Crippen LogP contribution in [0.5, 0.6) is 0 Å². The maximum atomic E-state index is 10.5. The summed E-state index contributed by atoms with van der Waals surface area (Å²) in [4.78, 5) is 21.4. The van der Waals surface area contributed by atoms with E-state index in [0.29, 0.717) is 0 Å². The van der Waals surface area contributed by atoms with E-state index in [-0.39, 0.29) is 27.2 Å². The van der Waals surface area contributed by atoms with Gasteiger partial charge in [-0.2, -0.15) is 26.3 Å². The summed E-state index contributed by atoms with van der Waals surface area (Å²) in [5.74, 6) is -6.01. The molecule has 0 fully saturated rings. The molecule has 0 aliphatic carbocycles. The van der Waals surface area contributed by atoms with Crippen LogP contribution in [0.4, 0.5) is 26.3 Å². The smallest absolute Gasteiger partial charge is 0.542 e. The molecule has 0 saturated carbocycles. The van der Waals surface area contributed by atoms with E-state index in [0.717, 1.165) is 0 Å². The Balaban J connectivity index is -0.000000106. The second-order valence-electron chi connectivity index (χ2n) is 2.59. The average molecular weight is 517 g/mol. The number of carboxylic acids is 2. The van der Waals surface area contributed by atoms with Crippen molar-refractivity contribution in [2.45, 2.75) is 12.4 Å². The van der Waals surface area contributed by atoms with Crippen molar-refractivity contribution in [2.24, 2.45) is 0 Å². The summed E-state index contributed by atoms with van der Waals surface area (Å²) in [5, 5.41) is 17.6. The molecular weight excluding hydrogens is 509 g/mol. The molecule has 0 spiro atoms. The van der Waals surface area contributed by atoms with E-state index in [1.807, 2.05) is 18.2 Å². The summed E-state index contributed by atoms with van der Waals surface area (Å²) in [6.07, 6.45) is -6.89. The molecule has 1 rings (SSSR count). The molecule has 6 nitrogen and oxygen atoms in total. The second-order valence-corrected chi connectivity index (χ2v) is 2.59. The van der Waals surface area contributed by atoms with Crippen LogP contribution in [0, 0.1) is 0 Å². The Labute approximate surface area is 134 Å². The minimum Gasteiger partial charge on any atom is -0.542 e. The Morgan fingerprint density at radius 2 is 1.00 bits per heavy atom. The van der Waals surface area contributed by atoms with Crippen LogP contribution in [0.1, 0.15) is 0 Å². The monoisotopic (exact) mass is 517 g/mol. The maximum Gasteiger partial charge on any atom is 2.00 e. The molecular formula is C9H8F6N2O4Pt. The third kappa shape index (κ3) is 20.6. The van der Waals surface area contributed by atoms with Crippen molar-refractivity contribution in [1.82, 2.24) is 11.1 Å². The van der Waals surface area contributed by atoms with Crippen LogP contribution in [-0.4, -0.2) is 29.3 Å². The fourth-order valence-electron chi connectivity index (χ4n) is 0.313. The quantitative estimate of drug-likeness (QED) is 0.477. The second kappa shape index (κ2) is 13.0. The normalized spacial score (nSPS) is 9.36. The number of carboxylic acid groups (broad SMARTS) is 2. The van der Waals surface area contributed by atoms with E-state index < -0.39 is 24.3 Å². The van der Waals surface area contributed by atoms with Crippen molar-refractivity contribution in [1.29, 1.82) is 0 Å². The van der Waals surface area contributed by atoms with E-state index in [1.54, 1.807) is 12.4 Å². The number of carbonyl (C=O) groups excluding carboxylic acids is 2. The van der Waals surface area contributed by atoms with Crippen LogP contribution in [-0.2, 0) is 30.7 Å². The van der Waals surface area contributed by atoms with Gasteiger partial charge >= 0.3 is 33.4 Å². The molecule has 0 aliphatic rings. The number of pyridine rings is 1. The van der Waals surface area contributed by atoms with Gasteiger partial charge in [0.15, 0.2) is 0 Å². The van der Waals surface area contributed by atoms with E-state index >= 15 is 0 Å². The average Bonchev–Trinajstić information content (AvgIpc) is 2.30. The van der Waals surface area contributed by atoms with Gasteiger partial charge in [0.25, 0.3) is 0 Å². The first-order valence-corrected chi connectivity index (χ1v) is 4.30. The van der Waals surface area contributed by atoms with Gasteiger partial charge in [0.2, 0.25) is 0 Å². The topological polar surface area (TPSA) is 128 Å². The predicted octanol–water partition coefficient (Wildman–Crippen LogP) is -0.162. The van der Waals surface area contributed by atoms with Crippen LogP contribution in [0.2, 0.25) is 0 Å². The van der Waals surface area contributed by atoms with E-state index in [1.165, 1.54) is 0 Å². The predicted molar refractivity (Wildman–Crippen MR) is 51.4 cm³/mol. The summed E-state index contributed by atoms with van der Waals surface area (Å²) in [7, 11) is 0. The van der Waals surface area contributed by atoms with Gasteiger partial charge in [0.05, 0.1) is 0 Å². The number of nitrogens with zero attached hydrogens (tertiary/aromatic N) is 1. The zero-order chi connectivity index (χ0) is 16.4. The van der Waals surface area contributed by atoms with Crippen molar-refractivity contribution < 1.29 is 67.2 Å². The van der Waals surface area contributed by atoms with Crippen LogP contribution in [0.25, 0.3) is 0 Å². The van der Waals surface area contributed by atoms with Crippen molar-refractivity contribution in [2.75, 3.05) is 0 Å². The van der Waals surface area contributed by atoms with Gasteiger partial charge in [0, 0.05) is 12.4 Å². The first kappa shape index (κ1) is 28.5. The third-order valence-electron chi connectivity index (χ3n) is 1.03. The number of aromatic nitrogens is 1. The molecule has 0 unspecified atom stereocenters. The molecule has 1 aromatic rings. The summed E-state index contributed by atoms with van der Waals surface area (Å²) in [5.41, 5.74) is 0. The van der Waals surface area contributed by atoms with Gasteiger partial charge in [-0.25, -0.2) is 0 Å². The molecule has 22 heavy (non-hydrogen) atoms. The Morgan fingerprint density at radius 1 is 0.773 bits per heavy atom. The van der Waals surface area contributed by atoms with E-state index in [2.05, 4.69) is 4.98 Å². The summed E-state index contributed by atoms with van der Waals surface area (Å²) < 4.78 is 63.1. The first-order valence-electron chi connectivity index (χ1n) is 4.30. The number of rotatable bonds is 0. The Morgan fingerprint density at radius 3 is 1.05 bits per heavy atom. The van der Waals surface area contributed by atoms with E-state index in [9.17, 15) is 26.3 Å². The van der Waals surface area contributed by atoms with Gasteiger partial charge < -0.3 is 26.0 Å². The number of alkyl halides is 6. The maximum absolute atomic E-state index is 10.5. The first-order chi connectivity index (χ1) is 8.89. The van der Waals surface area contributed by atoms with Gasteiger partial charge in [-0.15, -0.1) is 0 Å². The zero-order valence-electron chi connectivity index (χ0n) is 10.3. The molecule has 13 heteroatoms. The summed E-state index contributed by atoms with van der Waals surface area (Å²) in [6, 6.07) is 5.72. The van der Waals surface area contributed by atoms with Crippen molar-refractivity contribution in [3.8, 4) is 0 Å². The van der Waals surface area contributed by atoms with Crippen molar-refractivity contribution in [3.63, 3.8) is 0 Å². The molecule has 1 aromatic heterocycles. The fourth-order valence-corrected chi connectivity index (χ4v) is 0.313. The number of aliphatic carboxylic acids is 2. The number of halogens is 6. The molecule has 130 valence electrons. The van der Waals surface area contributed by atoms with Gasteiger partial charge in [-0.05, 0) is 12.1 Å². The van der Waals surface area contributed by atoms with Crippen molar-refractivity contribution >= 4 is 11.9 Å². The molecule has 0 radical (unpaired) electrons. The minimum atomic E-state index is -5.19. The Bertz CT molecular complexity index is 362. The van der Waals surface area contributed by atoms with Crippen LogP contribution in [0.3, 0.4) is 0 Å². The molecule has 0 atom stereocenters. The molecule has 3 N–H and O–H groups in total. The van der Waals surface area contributed by atoms with Crippen LogP contribution < -0.4 is 16.4 Å². The van der Waals surface area contributed by atoms with Crippen LogP contribution >= 0.6 is 0 Å². The van der Waals surface area contributed by atoms with Crippen molar-refractivity contribution in [3.05, 3.63) is 30.6 Å². The van der Waals surface area contributed by atoms with Gasteiger partial charge in [-0.3, -0.25) is 4.98 Å². The third-order valence-corrected chi connectivity index (χ3v) is 1.03. The largest absolute Gasteiger partial charge is 2.00 e. The Kier molecular flexibility index (Phi) is 16.8. The molecule has 0 aromatic carbocycles. The minimum absolute atomic E-state index is 0.